The third-order valence-electron chi connectivity index (χ3n) is 2.86. The molecule has 0 saturated carbocycles. The van der Waals surface area contributed by atoms with Gasteiger partial charge in [0.1, 0.15) is 17.8 Å². The zero-order chi connectivity index (χ0) is 17.9. The van der Waals surface area contributed by atoms with E-state index in [4.69, 9.17) is 11.6 Å². The molecule has 24 heavy (non-hydrogen) atoms. The molecule has 0 spiro atoms. The first-order valence-electron chi connectivity index (χ1n) is 6.93. The minimum Gasteiger partial charge on any atom is -0.349 e. The zero-order valence-corrected chi connectivity index (χ0v) is 13.5. The number of nitrogens with zero attached hydrogens (tertiary/aromatic N) is 2. The second-order valence-corrected chi connectivity index (χ2v) is 5.64. The first-order valence-corrected chi connectivity index (χ1v) is 7.31. The summed E-state index contributed by atoms with van der Waals surface area (Å²) in [6.07, 6.45) is -3.42. The molecule has 128 valence electrons. The lowest BCUT2D eigenvalue weighted by molar-refractivity contribution is -0.137. The van der Waals surface area contributed by atoms with Crippen LogP contribution < -0.4 is 10.6 Å². The Kier molecular flexibility index (Phi) is 5.28. The molecule has 0 bridgehead atoms. The average Bonchev–Trinajstić information content (AvgIpc) is 2.48. The lowest BCUT2D eigenvalue weighted by Gasteiger charge is -2.12. The molecule has 1 aromatic carbocycles. The van der Waals surface area contributed by atoms with Gasteiger partial charge in [0.2, 0.25) is 0 Å². The van der Waals surface area contributed by atoms with Crippen LogP contribution in [0.15, 0.2) is 30.6 Å². The van der Waals surface area contributed by atoms with Crippen LogP contribution in [0.4, 0.5) is 24.7 Å². The van der Waals surface area contributed by atoms with Crippen molar-refractivity contribution in [2.45, 2.75) is 26.1 Å². The van der Waals surface area contributed by atoms with Crippen LogP contribution in [0.25, 0.3) is 0 Å². The minimum atomic E-state index is -4.57. The van der Waals surface area contributed by atoms with Crippen LogP contribution in [0, 0.1) is 0 Å². The van der Waals surface area contributed by atoms with Crippen LogP contribution in [0.2, 0.25) is 5.02 Å². The Morgan fingerprint density at radius 3 is 2.54 bits per heavy atom. The van der Waals surface area contributed by atoms with Gasteiger partial charge in [-0.2, -0.15) is 13.2 Å². The van der Waals surface area contributed by atoms with Crippen molar-refractivity contribution in [1.82, 2.24) is 15.3 Å². The van der Waals surface area contributed by atoms with Crippen molar-refractivity contribution < 1.29 is 18.0 Å². The minimum absolute atomic E-state index is 0.0746. The Morgan fingerprint density at radius 1 is 1.21 bits per heavy atom. The first kappa shape index (κ1) is 18.0. The molecular weight excluding hydrogens is 345 g/mol. The van der Waals surface area contributed by atoms with Gasteiger partial charge in [-0.1, -0.05) is 11.6 Å². The van der Waals surface area contributed by atoms with Gasteiger partial charge in [0.25, 0.3) is 5.91 Å². The van der Waals surface area contributed by atoms with Crippen molar-refractivity contribution >= 4 is 29.0 Å². The molecule has 2 N–H and O–H groups in total. The van der Waals surface area contributed by atoms with E-state index in [-0.39, 0.29) is 23.2 Å². The lowest BCUT2D eigenvalue weighted by Crippen LogP contribution is -2.30. The standard InChI is InChI=1S/C15H14ClF3N4O/c1-8(2)22-14(24)12-6-13(21-7-20-12)23-9-3-4-11(16)10(5-9)15(17,18)19/h3-8H,1-2H3,(H,22,24)(H,20,21,23). The van der Waals surface area contributed by atoms with Crippen LogP contribution in [0.3, 0.4) is 0 Å². The van der Waals surface area contributed by atoms with Crippen LogP contribution in [0.5, 0.6) is 0 Å². The monoisotopic (exact) mass is 358 g/mol. The molecule has 0 unspecified atom stereocenters. The van der Waals surface area contributed by atoms with Crippen molar-refractivity contribution in [3.05, 3.63) is 46.9 Å². The number of rotatable bonds is 4. The number of amides is 1. The van der Waals surface area contributed by atoms with Crippen molar-refractivity contribution in [1.29, 1.82) is 0 Å². The lowest BCUT2D eigenvalue weighted by atomic mass is 10.2. The Labute approximate surface area is 141 Å². The Hall–Kier alpha value is -2.35. The van der Waals surface area contributed by atoms with Gasteiger partial charge in [-0.05, 0) is 32.0 Å². The summed E-state index contributed by atoms with van der Waals surface area (Å²) >= 11 is 5.57. The molecule has 1 amide bonds. The van der Waals surface area contributed by atoms with E-state index < -0.39 is 22.7 Å². The summed E-state index contributed by atoms with van der Waals surface area (Å²) < 4.78 is 38.6. The SMILES string of the molecule is CC(C)NC(=O)c1cc(Nc2ccc(Cl)c(C(F)(F)F)c2)ncn1. The molecule has 0 aliphatic heterocycles. The van der Waals surface area contributed by atoms with Crippen molar-refractivity contribution in [3.8, 4) is 0 Å². The summed E-state index contributed by atoms with van der Waals surface area (Å²) in [4.78, 5) is 19.6. The highest BCUT2D eigenvalue weighted by molar-refractivity contribution is 6.31. The zero-order valence-electron chi connectivity index (χ0n) is 12.8. The molecule has 1 heterocycles. The number of carbonyl (C=O) groups excluding carboxylic acids is 1. The smallest absolute Gasteiger partial charge is 0.349 e. The molecule has 0 aliphatic rings. The Balaban J connectivity index is 2.24. The molecule has 0 atom stereocenters. The van der Waals surface area contributed by atoms with Gasteiger partial charge >= 0.3 is 6.18 Å². The maximum absolute atomic E-state index is 12.9. The molecule has 2 aromatic rings. The highest BCUT2D eigenvalue weighted by Crippen LogP contribution is 2.36. The molecule has 0 aliphatic carbocycles. The van der Waals surface area contributed by atoms with Crippen LogP contribution in [-0.4, -0.2) is 21.9 Å². The van der Waals surface area contributed by atoms with E-state index in [1.54, 1.807) is 13.8 Å². The van der Waals surface area contributed by atoms with Gasteiger partial charge in [-0.25, -0.2) is 9.97 Å². The van der Waals surface area contributed by atoms with Crippen molar-refractivity contribution in [3.63, 3.8) is 0 Å². The van der Waals surface area contributed by atoms with Gasteiger partial charge < -0.3 is 10.6 Å². The molecular formula is C15H14ClF3N4O. The van der Waals surface area contributed by atoms with Gasteiger partial charge in [-0.15, -0.1) is 0 Å². The molecule has 0 radical (unpaired) electrons. The predicted octanol–water partition coefficient (Wildman–Crippen LogP) is 4.03. The Morgan fingerprint density at radius 2 is 1.92 bits per heavy atom. The summed E-state index contributed by atoms with van der Waals surface area (Å²) in [7, 11) is 0. The number of anilines is 2. The number of alkyl halides is 3. The van der Waals surface area contributed by atoms with Gasteiger partial charge in [0.05, 0.1) is 10.6 Å². The van der Waals surface area contributed by atoms with E-state index in [0.717, 1.165) is 18.5 Å². The maximum Gasteiger partial charge on any atom is 0.417 e. The van der Waals surface area contributed by atoms with Crippen LogP contribution in [-0.2, 0) is 6.18 Å². The summed E-state index contributed by atoms with van der Waals surface area (Å²) in [5.74, 6) is -0.211. The normalized spacial score (nSPS) is 11.5. The topological polar surface area (TPSA) is 66.9 Å². The van der Waals surface area contributed by atoms with Gasteiger partial charge in [0.15, 0.2) is 0 Å². The van der Waals surface area contributed by atoms with Crippen molar-refractivity contribution in [2.75, 3.05) is 5.32 Å². The third-order valence-corrected chi connectivity index (χ3v) is 3.19. The summed E-state index contributed by atoms with van der Waals surface area (Å²) in [5, 5.41) is 4.97. The van der Waals surface area contributed by atoms with E-state index in [1.165, 1.54) is 12.1 Å². The number of benzene rings is 1. The molecule has 2 rings (SSSR count). The number of carbonyl (C=O) groups is 1. The summed E-state index contributed by atoms with van der Waals surface area (Å²) in [5.41, 5.74) is -0.715. The predicted molar refractivity (Wildman–Crippen MR) is 84.4 cm³/mol. The largest absolute Gasteiger partial charge is 0.417 e. The number of hydrogen-bond donors (Lipinski definition) is 2. The summed E-state index contributed by atoms with van der Waals surface area (Å²) in [6, 6.07) is 4.67. The summed E-state index contributed by atoms with van der Waals surface area (Å²) in [6.45, 7) is 3.59. The highest BCUT2D eigenvalue weighted by Gasteiger charge is 2.33. The van der Waals surface area contributed by atoms with Gasteiger partial charge in [0, 0.05) is 17.8 Å². The van der Waals surface area contributed by atoms with Gasteiger partial charge in [-0.3, -0.25) is 4.79 Å². The van der Waals surface area contributed by atoms with E-state index in [2.05, 4.69) is 20.6 Å². The molecule has 5 nitrogen and oxygen atoms in total. The fourth-order valence-electron chi connectivity index (χ4n) is 1.85. The second-order valence-electron chi connectivity index (χ2n) is 5.23. The molecule has 0 fully saturated rings. The molecule has 9 heteroatoms. The number of hydrogen-bond acceptors (Lipinski definition) is 4. The highest BCUT2D eigenvalue weighted by atomic mass is 35.5. The Bertz CT molecular complexity index is 750. The van der Waals surface area contributed by atoms with Crippen LogP contribution in [0.1, 0.15) is 29.9 Å². The fraction of sp³-hybridized carbons (Fsp3) is 0.267. The first-order chi connectivity index (χ1) is 11.2. The van der Waals surface area contributed by atoms with Crippen molar-refractivity contribution in [2.24, 2.45) is 0 Å². The molecule has 0 saturated heterocycles. The fourth-order valence-corrected chi connectivity index (χ4v) is 2.08. The second kappa shape index (κ2) is 7.04. The molecule has 1 aromatic heterocycles. The maximum atomic E-state index is 12.9. The average molecular weight is 359 g/mol. The third kappa shape index (κ3) is 4.58. The quantitative estimate of drug-likeness (QED) is 0.866. The van der Waals surface area contributed by atoms with E-state index in [1.807, 2.05) is 0 Å². The van der Waals surface area contributed by atoms with Crippen LogP contribution >= 0.6 is 11.6 Å². The number of halogens is 4. The number of nitrogens with one attached hydrogen (secondary N) is 2. The van der Waals surface area contributed by atoms with E-state index in [0.29, 0.717) is 0 Å². The van der Waals surface area contributed by atoms with E-state index in [9.17, 15) is 18.0 Å². The number of aromatic nitrogens is 2. The van der Waals surface area contributed by atoms with E-state index >= 15 is 0 Å².